The molecule has 3 aromatic rings. The number of ether oxygens (including phenoxy) is 1. The molecule has 1 amide bonds. The van der Waals surface area contributed by atoms with E-state index in [-0.39, 0.29) is 6.04 Å². The minimum atomic E-state index is -0.392. The first-order chi connectivity index (χ1) is 11.3. The number of nitrogens with one attached hydrogen (secondary N) is 3. The van der Waals surface area contributed by atoms with Crippen LogP contribution in [0.15, 0.2) is 42.5 Å². The molecule has 1 saturated heterocycles. The monoisotopic (exact) mass is 309 g/mol. The van der Waals surface area contributed by atoms with Gasteiger partial charge in [0.2, 0.25) is 0 Å². The van der Waals surface area contributed by atoms with Crippen LogP contribution in [-0.2, 0) is 0 Å². The van der Waals surface area contributed by atoms with E-state index in [2.05, 4.69) is 15.6 Å². The highest BCUT2D eigenvalue weighted by Gasteiger charge is 2.18. The first kappa shape index (κ1) is 14.1. The third-order valence-corrected chi connectivity index (χ3v) is 4.31. The highest BCUT2D eigenvalue weighted by Crippen LogP contribution is 2.32. The summed E-state index contributed by atoms with van der Waals surface area (Å²) in [4.78, 5) is 15.6. The second-order valence-corrected chi connectivity index (χ2v) is 5.93. The zero-order valence-corrected chi connectivity index (χ0v) is 12.8. The van der Waals surface area contributed by atoms with Crippen molar-refractivity contribution in [2.75, 3.05) is 13.1 Å². The largest absolute Gasteiger partial charge is 0.412 e. The van der Waals surface area contributed by atoms with Crippen molar-refractivity contribution in [2.45, 2.75) is 18.9 Å². The van der Waals surface area contributed by atoms with E-state index < -0.39 is 6.09 Å². The van der Waals surface area contributed by atoms with Gasteiger partial charge in [0.05, 0.1) is 10.9 Å². The second-order valence-electron chi connectivity index (χ2n) is 5.93. The number of carbonyl (C=O) groups excluding carboxylic acids is 1. The van der Waals surface area contributed by atoms with E-state index in [0.29, 0.717) is 5.75 Å². The molecule has 2 heterocycles. The summed E-state index contributed by atoms with van der Waals surface area (Å²) in [6.45, 7) is 1.81. The van der Waals surface area contributed by atoms with Gasteiger partial charge in [0.25, 0.3) is 0 Å². The Labute approximate surface area is 134 Å². The highest BCUT2D eigenvalue weighted by molar-refractivity contribution is 6.10. The highest BCUT2D eigenvalue weighted by atomic mass is 16.6. The van der Waals surface area contributed by atoms with Gasteiger partial charge in [0, 0.05) is 23.5 Å². The molecule has 3 N–H and O–H groups in total. The number of hydrogen-bond acceptors (Lipinski definition) is 3. The number of fused-ring (bicyclic) bond motifs is 3. The molecule has 5 heteroatoms. The summed E-state index contributed by atoms with van der Waals surface area (Å²) < 4.78 is 5.60. The molecule has 5 nitrogen and oxygen atoms in total. The maximum Gasteiger partial charge on any atom is 0.412 e. The predicted octanol–water partition coefficient (Wildman–Crippen LogP) is 3.16. The number of amides is 1. The molecule has 0 saturated carbocycles. The van der Waals surface area contributed by atoms with Crippen LogP contribution < -0.4 is 15.4 Å². The van der Waals surface area contributed by atoms with Gasteiger partial charge >= 0.3 is 6.09 Å². The standard InChI is InChI=1S/C18H19N3O2/c22-18(20-12-5-4-10-19-11-12)23-16-9-3-8-15-17(16)13-6-1-2-7-14(13)21-15/h1-3,6-9,12,19,21H,4-5,10-11H2,(H,20,22). The fourth-order valence-corrected chi connectivity index (χ4v) is 3.22. The number of carbonyl (C=O) groups is 1. The van der Waals surface area contributed by atoms with Crippen LogP contribution >= 0.6 is 0 Å². The molecule has 1 aliphatic rings. The Morgan fingerprint density at radius 1 is 1.13 bits per heavy atom. The number of aromatic nitrogens is 1. The Morgan fingerprint density at radius 2 is 2.00 bits per heavy atom. The molecule has 118 valence electrons. The first-order valence-corrected chi connectivity index (χ1v) is 8.00. The fraction of sp³-hybridized carbons (Fsp3) is 0.278. The number of rotatable bonds is 2. The van der Waals surface area contributed by atoms with Crippen LogP contribution in [0.3, 0.4) is 0 Å². The first-order valence-electron chi connectivity index (χ1n) is 8.00. The molecule has 23 heavy (non-hydrogen) atoms. The lowest BCUT2D eigenvalue weighted by Gasteiger charge is -2.23. The van der Waals surface area contributed by atoms with E-state index in [1.165, 1.54) is 0 Å². The van der Waals surface area contributed by atoms with Crippen molar-refractivity contribution in [3.05, 3.63) is 42.5 Å². The van der Waals surface area contributed by atoms with E-state index in [9.17, 15) is 4.79 Å². The normalized spacial score (nSPS) is 18.2. The molecule has 4 rings (SSSR count). The fourth-order valence-electron chi connectivity index (χ4n) is 3.22. The van der Waals surface area contributed by atoms with Crippen molar-refractivity contribution >= 4 is 27.9 Å². The summed E-state index contributed by atoms with van der Waals surface area (Å²) in [5.41, 5.74) is 2.01. The van der Waals surface area contributed by atoms with Gasteiger partial charge in [-0.3, -0.25) is 0 Å². The van der Waals surface area contributed by atoms with Gasteiger partial charge in [-0.1, -0.05) is 24.3 Å². The summed E-state index contributed by atoms with van der Waals surface area (Å²) >= 11 is 0. The van der Waals surface area contributed by atoms with Crippen LogP contribution in [0.4, 0.5) is 4.79 Å². The van der Waals surface area contributed by atoms with Crippen molar-refractivity contribution < 1.29 is 9.53 Å². The number of piperidine rings is 1. The molecule has 0 spiro atoms. The maximum absolute atomic E-state index is 12.2. The third-order valence-electron chi connectivity index (χ3n) is 4.31. The summed E-state index contributed by atoms with van der Waals surface area (Å²) in [6, 6.07) is 13.9. The Hall–Kier alpha value is -2.53. The molecule has 0 bridgehead atoms. The van der Waals surface area contributed by atoms with Gasteiger partial charge < -0.3 is 20.4 Å². The summed E-state index contributed by atoms with van der Waals surface area (Å²) in [5.74, 6) is 0.584. The van der Waals surface area contributed by atoms with E-state index >= 15 is 0 Å². The third kappa shape index (κ3) is 2.75. The molecular weight excluding hydrogens is 290 g/mol. The van der Waals surface area contributed by atoms with Crippen LogP contribution in [0.25, 0.3) is 21.8 Å². The van der Waals surface area contributed by atoms with Crippen LogP contribution in [0.2, 0.25) is 0 Å². The number of H-pyrrole nitrogens is 1. The van der Waals surface area contributed by atoms with Crippen LogP contribution in [0, 0.1) is 0 Å². The van der Waals surface area contributed by atoms with Crippen molar-refractivity contribution in [3.63, 3.8) is 0 Å². The topological polar surface area (TPSA) is 66.2 Å². The number of hydrogen-bond donors (Lipinski definition) is 3. The molecule has 1 atom stereocenters. The van der Waals surface area contributed by atoms with Crippen molar-refractivity contribution in [1.29, 1.82) is 0 Å². The minimum Gasteiger partial charge on any atom is -0.410 e. The Morgan fingerprint density at radius 3 is 2.87 bits per heavy atom. The van der Waals surface area contributed by atoms with E-state index in [1.54, 1.807) is 0 Å². The van der Waals surface area contributed by atoms with E-state index in [4.69, 9.17) is 4.74 Å². The summed E-state index contributed by atoms with van der Waals surface area (Å²) in [7, 11) is 0. The van der Waals surface area contributed by atoms with Gasteiger partial charge in [0.1, 0.15) is 5.75 Å². The van der Waals surface area contributed by atoms with Gasteiger partial charge in [-0.05, 0) is 37.6 Å². The zero-order valence-electron chi connectivity index (χ0n) is 12.8. The van der Waals surface area contributed by atoms with Crippen molar-refractivity contribution in [3.8, 4) is 5.75 Å². The smallest absolute Gasteiger partial charge is 0.410 e. The van der Waals surface area contributed by atoms with Gasteiger partial charge in [-0.15, -0.1) is 0 Å². The molecule has 2 aromatic carbocycles. The SMILES string of the molecule is O=C(NC1CCCNC1)Oc1cccc2[nH]c3ccccc3c12. The molecule has 1 aromatic heterocycles. The van der Waals surface area contributed by atoms with E-state index in [1.807, 2.05) is 42.5 Å². The Kier molecular flexibility index (Phi) is 3.63. The van der Waals surface area contributed by atoms with Crippen LogP contribution in [0.5, 0.6) is 5.75 Å². The molecule has 1 fully saturated rings. The molecule has 0 radical (unpaired) electrons. The van der Waals surface area contributed by atoms with Crippen molar-refractivity contribution in [1.82, 2.24) is 15.6 Å². The number of para-hydroxylation sites is 1. The second kappa shape index (κ2) is 5.93. The van der Waals surface area contributed by atoms with Gasteiger partial charge in [-0.2, -0.15) is 0 Å². The molecule has 0 aliphatic carbocycles. The van der Waals surface area contributed by atoms with Gasteiger partial charge in [-0.25, -0.2) is 4.79 Å². The Bertz CT molecular complexity index is 850. The summed E-state index contributed by atoms with van der Waals surface area (Å²) in [5, 5.41) is 8.22. The average molecular weight is 309 g/mol. The predicted molar refractivity (Wildman–Crippen MR) is 90.9 cm³/mol. The maximum atomic E-state index is 12.2. The lowest BCUT2D eigenvalue weighted by Crippen LogP contribution is -2.46. The summed E-state index contributed by atoms with van der Waals surface area (Å²) in [6.07, 6.45) is 1.67. The quantitative estimate of drug-likeness (QED) is 0.681. The number of aromatic amines is 1. The van der Waals surface area contributed by atoms with Crippen LogP contribution in [0.1, 0.15) is 12.8 Å². The molecule has 1 aliphatic heterocycles. The number of benzene rings is 2. The van der Waals surface area contributed by atoms with Gasteiger partial charge in [0.15, 0.2) is 0 Å². The van der Waals surface area contributed by atoms with E-state index in [0.717, 1.165) is 47.7 Å². The minimum absolute atomic E-state index is 0.137. The lowest BCUT2D eigenvalue weighted by atomic mass is 10.1. The average Bonchev–Trinajstić information content (AvgIpc) is 2.95. The Balaban J connectivity index is 1.62. The lowest BCUT2D eigenvalue weighted by molar-refractivity contribution is 0.193. The van der Waals surface area contributed by atoms with Crippen LogP contribution in [-0.4, -0.2) is 30.2 Å². The molecule has 1 unspecified atom stereocenters. The molecular formula is C18H19N3O2. The van der Waals surface area contributed by atoms with Crippen molar-refractivity contribution in [2.24, 2.45) is 0 Å². The zero-order chi connectivity index (χ0) is 15.6.